The zero-order chi connectivity index (χ0) is 21.8. The van der Waals surface area contributed by atoms with Crippen LogP contribution < -0.4 is 15.4 Å². The number of carbonyl (C=O) groups excluding carboxylic acids is 2. The molecule has 0 saturated carbocycles. The Morgan fingerprint density at radius 3 is 2.90 bits per heavy atom. The highest BCUT2D eigenvalue weighted by atomic mass is 16.6. The Kier molecular flexibility index (Phi) is 6.48. The number of fused-ring (bicyclic) bond motifs is 3. The Morgan fingerprint density at radius 2 is 2.16 bits per heavy atom. The highest BCUT2D eigenvalue weighted by Gasteiger charge is 2.46. The number of carbonyl (C=O) groups is 2. The summed E-state index contributed by atoms with van der Waals surface area (Å²) in [5, 5.41) is 15.6. The van der Waals surface area contributed by atoms with Gasteiger partial charge in [0.25, 0.3) is 5.91 Å². The second-order valence-corrected chi connectivity index (χ2v) is 7.91. The lowest BCUT2D eigenvalue weighted by atomic mass is 9.84. The van der Waals surface area contributed by atoms with E-state index >= 15 is 0 Å². The summed E-state index contributed by atoms with van der Waals surface area (Å²) in [7, 11) is 0. The van der Waals surface area contributed by atoms with E-state index in [4.69, 9.17) is 9.47 Å². The van der Waals surface area contributed by atoms with Gasteiger partial charge in [-0.15, -0.1) is 0 Å². The van der Waals surface area contributed by atoms with Crippen molar-refractivity contribution in [3.63, 3.8) is 0 Å². The van der Waals surface area contributed by atoms with Crippen LogP contribution in [0.2, 0.25) is 0 Å². The Balaban J connectivity index is 1.50. The van der Waals surface area contributed by atoms with E-state index in [2.05, 4.69) is 15.6 Å². The molecule has 164 valence electrons. The van der Waals surface area contributed by atoms with Gasteiger partial charge in [0.2, 0.25) is 5.91 Å². The molecular formula is C23H27N3O5. The molecule has 0 bridgehead atoms. The van der Waals surface area contributed by atoms with Crippen LogP contribution in [0.25, 0.3) is 0 Å². The smallest absolute Gasteiger partial charge is 0.257 e. The summed E-state index contributed by atoms with van der Waals surface area (Å²) < 4.78 is 12.0. The summed E-state index contributed by atoms with van der Waals surface area (Å²) in [4.78, 5) is 28.6. The molecule has 0 unspecified atom stereocenters. The fourth-order valence-corrected chi connectivity index (χ4v) is 4.21. The number of pyridine rings is 1. The van der Waals surface area contributed by atoms with E-state index in [-0.39, 0.29) is 43.0 Å². The van der Waals surface area contributed by atoms with Gasteiger partial charge in [0.05, 0.1) is 24.7 Å². The number of rotatable bonds is 7. The summed E-state index contributed by atoms with van der Waals surface area (Å²) >= 11 is 0. The van der Waals surface area contributed by atoms with Crippen LogP contribution in [0.1, 0.15) is 48.0 Å². The first kappa shape index (κ1) is 21.3. The van der Waals surface area contributed by atoms with Crippen molar-refractivity contribution in [2.45, 2.75) is 50.4 Å². The lowest BCUT2D eigenvalue weighted by Crippen LogP contribution is -2.47. The van der Waals surface area contributed by atoms with Crippen LogP contribution in [0.4, 0.5) is 5.69 Å². The molecule has 1 aromatic carbocycles. The van der Waals surface area contributed by atoms with Gasteiger partial charge in [0.1, 0.15) is 18.0 Å². The summed E-state index contributed by atoms with van der Waals surface area (Å²) in [5.41, 5.74) is 2.08. The first-order chi connectivity index (χ1) is 15.1. The zero-order valence-corrected chi connectivity index (χ0v) is 17.4. The van der Waals surface area contributed by atoms with E-state index in [1.165, 1.54) is 6.20 Å². The van der Waals surface area contributed by atoms with Gasteiger partial charge in [-0.05, 0) is 43.2 Å². The minimum atomic E-state index is -0.511. The molecule has 4 atom stereocenters. The number of ether oxygens (including phenoxy) is 2. The summed E-state index contributed by atoms with van der Waals surface area (Å²) in [6.45, 7) is 2.45. The molecule has 1 saturated heterocycles. The maximum Gasteiger partial charge on any atom is 0.257 e. The molecule has 8 nitrogen and oxygen atoms in total. The number of hydrogen-bond acceptors (Lipinski definition) is 6. The van der Waals surface area contributed by atoms with E-state index in [0.29, 0.717) is 30.0 Å². The van der Waals surface area contributed by atoms with Crippen LogP contribution in [0.3, 0.4) is 0 Å². The average molecular weight is 425 g/mol. The number of aliphatic hydroxyl groups is 1. The highest BCUT2D eigenvalue weighted by Crippen LogP contribution is 2.47. The standard InChI is InChI=1S/C23H27N3O5/c1-2-7-25-21(28)11-16-10-18-17-9-15(26-23(29)14-4-3-8-24-12-14)5-6-19(17)31-22(18)20(13-27)30-16/h3-6,8-9,12,16,18,20,22,27H,2,7,10-11,13H2,1H3,(H,25,28)(H,26,29)/t16-,18+,20-,22-/m1/s1. The van der Waals surface area contributed by atoms with Crippen molar-refractivity contribution < 1.29 is 24.2 Å². The van der Waals surface area contributed by atoms with E-state index < -0.39 is 6.10 Å². The van der Waals surface area contributed by atoms with Crippen molar-refractivity contribution in [2.24, 2.45) is 0 Å². The lowest BCUT2D eigenvalue weighted by molar-refractivity contribution is -0.142. The zero-order valence-electron chi connectivity index (χ0n) is 17.4. The minimum absolute atomic E-state index is 0.0277. The number of hydrogen-bond donors (Lipinski definition) is 3. The Morgan fingerprint density at radius 1 is 1.29 bits per heavy atom. The molecule has 3 N–H and O–H groups in total. The number of aliphatic hydroxyl groups excluding tert-OH is 1. The third-order valence-corrected chi connectivity index (χ3v) is 5.67. The van der Waals surface area contributed by atoms with Crippen LogP contribution in [-0.2, 0) is 9.53 Å². The van der Waals surface area contributed by atoms with Crippen LogP contribution in [-0.4, -0.2) is 53.4 Å². The van der Waals surface area contributed by atoms with Gasteiger partial charge in [0, 0.05) is 36.1 Å². The van der Waals surface area contributed by atoms with Gasteiger partial charge in [-0.1, -0.05) is 6.92 Å². The molecule has 0 aliphatic carbocycles. The number of anilines is 1. The summed E-state index contributed by atoms with van der Waals surface area (Å²) in [6, 6.07) is 8.93. The molecule has 0 spiro atoms. The molecule has 31 heavy (non-hydrogen) atoms. The molecule has 1 fully saturated rings. The topological polar surface area (TPSA) is 110 Å². The fourth-order valence-electron chi connectivity index (χ4n) is 4.21. The molecule has 0 radical (unpaired) electrons. The van der Waals surface area contributed by atoms with Crippen molar-refractivity contribution in [3.05, 3.63) is 53.9 Å². The van der Waals surface area contributed by atoms with E-state index in [1.807, 2.05) is 19.1 Å². The predicted octanol–water partition coefficient (Wildman–Crippen LogP) is 2.24. The maximum absolute atomic E-state index is 12.5. The van der Waals surface area contributed by atoms with Crippen molar-refractivity contribution in [1.29, 1.82) is 0 Å². The molecule has 2 aliphatic heterocycles. The van der Waals surface area contributed by atoms with E-state index in [9.17, 15) is 14.7 Å². The minimum Gasteiger partial charge on any atom is -0.487 e. The van der Waals surface area contributed by atoms with Crippen LogP contribution >= 0.6 is 0 Å². The Bertz CT molecular complexity index is 936. The molecular weight excluding hydrogens is 398 g/mol. The lowest BCUT2D eigenvalue weighted by Gasteiger charge is -2.37. The quantitative estimate of drug-likeness (QED) is 0.628. The van der Waals surface area contributed by atoms with Gasteiger partial charge >= 0.3 is 0 Å². The van der Waals surface area contributed by atoms with Crippen molar-refractivity contribution >= 4 is 17.5 Å². The summed E-state index contributed by atoms with van der Waals surface area (Å²) in [6.07, 6.45) is 3.71. The second kappa shape index (κ2) is 9.45. The monoisotopic (exact) mass is 425 g/mol. The largest absolute Gasteiger partial charge is 0.487 e. The molecule has 1 aromatic heterocycles. The number of benzene rings is 1. The van der Waals surface area contributed by atoms with E-state index in [0.717, 1.165) is 12.0 Å². The predicted molar refractivity (Wildman–Crippen MR) is 114 cm³/mol. The average Bonchev–Trinajstić information content (AvgIpc) is 3.15. The van der Waals surface area contributed by atoms with Crippen LogP contribution in [0, 0.1) is 0 Å². The van der Waals surface area contributed by atoms with E-state index in [1.54, 1.807) is 24.4 Å². The summed E-state index contributed by atoms with van der Waals surface area (Å²) in [5.74, 6) is 0.389. The number of amides is 2. The number of nitrogens with one attached hydrogen (secondary N) is 2. The molecule has 3 heterocycles. The van der Waals surface area contributed by atoms with Gasteiger partial charge < -0.3 is 25.2 Å². The van der Waals surface area contributed by atoms with Crippen LogP contribution in [0.5, 0.6) is 5.75 Å². The molecule has 2 amide bonds. The number of aromatic nitrogens is 1. The van der Waals surface area contributed by atoms with Crippen molar-refractivity contribution in [1.82, 2.24) is 10.3 Å². The van der Waals surface area contributed by atoms with Crippen molar-refractivity contribution in [2.75, 3.05) is 18.5 Å². The maximum atomic E-state index is 12.5. The first-order valence-corrected chi connectivity index (χ1v) is 10.6. The highest BCUT2D eigenvalue weighted by molar-refractivity contribution is 6.04. The second-order valence-electron chi connectivity index (χ2n) is 7.91. The Hall–Kier alpha value is -2.97. The SMILES string of the molecule is CCCNC(=O)C[C@H]1C[C@H]2c3cc(NC(=O)c4cccnc4)ccc3O[C@H]2[C@@H](CO)O1. The molecule has 2 aliphatic rings. The fraction of sp³-hybridized carbons (Fsp3) is 0.435. The van der Waals surface area contributed by atoms with Gasteiger partial charge in [0.15, 0.2) is 0 Å². The van der Waals surface area contributed by atoms with Gasteiger partial charge in [-0.2, -0.15) is 0 Å². The van der Waals surface area contributed by atoms with Gasteiger partial charge in [-0.3, -0.25) is 14.6 Å². The normalized spacial score (nSPS) is 23.9. The van der Waals surface area contributed by atoms with Crippen LogP contribution in [0.15, 0.2) is 42.7 Å². The molecule has 2 aromatic rings. The number of nitrogens with zero attached hydrogens (tertiary/aromatic N) is 1. The third-order valence-electron chi connectivity index (χ3n) is 5.67. The van der Waals surface area contributed by atoms with Crippen molar-refractivity contribution in [3.8, 4) is 5.75 Å². The van der Waals surface area contributed by atoms with Gasteiger partial charge in [-0.25, -0.2) is 0 Å². The Labute approximate surface area is 181 Å². The first-order valence-electron chi connectivity index (χ1n) is 10.6. The molecule has 4 rings (SSSR count). The third kappa shape index (κ3) is 4.70. The molecule has 8 heteroatoms.